The second-order valence-electron chi connectivity index (χ2n) is 6.04. The Bertz CT molecular complexity index is 476. The molecule has 2 fully saturated rings. The number of nitrogens with zero attached hydrogens (tertiary/aromatic N) is 1. The van der Waals surface area contributed by atoms with Crippen LogP contribution in [0.15, 0.2) is 22.7 Å². The lowest BCUT2D eigenvalue weighted by Gasteiger charge is -2.23. The van der Waals surface area contributed by atoms with Crippen LogP contribution in [0.4, 0.5) is 0 Å². The molecule has 1 aliphatic carbocycles. The summed E-state index contributed by atoms with van der Waals surface area (Å²) in [6.07, 6.45) is 4.98. The fourth-order valence-corrected chi connectivity index (χ4v) is 3.59. The lowest BCUT2D eigenvalue weighted by atomic mass is 10.0. The summed E-state index contributed by atoms with van der Waals surface area (Å²) >= 11 is 3.50. The highest BCUT2D eigenvalue weighted by molar-refractivity contribution is 9.10. The summed E-state index contributed by atoms with van der Waals surface area (Å²) in [5.74, 6) is 0.393. The van der Waals surface area contributed by atoms with Gasteiger partial charge < -0.3 is 10.4 Å². The quantitative estimate of drug-likeness (QED) is 0.863. The van der Waals surface area contributed by atoms with Gasteiger partial charge in [-0.15, -0.1) is 0 Å². The van der Waals surface area contributed by atoms with E-state index in [1.807, 2.05) is 12.1 Å². The van der Waals surface area contributed by atoms with Crippen LogP contribution < -0.4 is 5.32 Å². The minimum atomic E-state index is 0.233. The van der Waals surface area contributed by atoms with Crippen LogP contribution in [0.25, 0.3) is 0 Å². The lowest BCUT2D eigenvalue weighted by molar-refractivity contribution is 0.310. The molecule has 4 heteroatoms. The molecule has 1 aromatic rings. The van der Waals surface area contributed by atoms with Gasteiger partial charge in [-0.05, 0) is 43.9 Å². The first kappa shape index (κ1) is 14.4. The van der Waals surface area contributed by atoms with Crippen LogP contribution in [0, 0.1) is 0 Å². The Morgan fingerprint density at radius 3 is 2.90 bits per heavy atom. The van der Waals surface area contributed by atoms with Crippen LogP contribution in [0.1, 0.15) is 44.2 Å². The van der Waals surface area contributed by atoms with E-state index >= 15 is 0 Å². The minimum Gasteiger partial charge on any atom is -0.508 e. The Morgan fingerprint density at radius 2 is 2.20 bits per heavy atom. The number of hydrogen-bond donors (Lipinski definition) is 2. The van der Waals surface area contributed by atoms with Crippen LogP contribution in [0.2, 0.25) is 0 Å². The molecular weight excluding hydrogens is 316 g/mol. The molecule has 110 valence electrons. The van der Waals surface area contributed by atoms with E-state index in [4.69, 9.17) is 0 Å². The first-order valence-electron chi connectivity index (χ1n) is 7.66. The van der Waals surface area contributed by atoms with Crippen molar-refractivity contribution in [2.24, 2.45) is 0 Å². The number of aromatic hydroxyl groups is 1. The molecule has 2 unspecified atom stereocenters. The molecule has 1 saturated carbocycles. The third-order valence-corrected chi connectivity index (χ3v) is 4.99. The maximum Gasteiger partial charge on any atom is 0.120 e. The van der Waals surface area contributed by atoms with Gasteiger partial charge in [0, 0.05) is 41.3 Å². The Hall–Kier alpha value is -0.580. The number of nitrogens with one attached hydrogen (secondary N) is 1. The summed E-state index contributed by atoms with van der Waals surface area (Å²) in [4.78, 5) is 2.62. The molecule has 2 aliphatic rings. The smallest absolute Gasteiger partial charge is 0.120 e. The maximum atomic E-state index is 10.1. The van der Waals surface area contributed by atoms with E-state index in [0.29, 0.717) is 11.8 Å². The molecule has 1 aromatic carbocycles. The van der Waals surface area contributed by atoms with Crippen molar-refractivity contribution in [1.82, 2.24) is 10.2 Å². The monoisotopic (exact) mass is 338 g/mol. The predicted molar refractivity (Wildman–Crippen MR) is 85.0 cm³/mol. The highest BCUT2D eigenvalue weighted by Gasteiger charge is 2.35. The Kier molecular flexibility index (Phi) is 4.34. The van der Waals surface area contributed by atoms with E-state index in [2.05, 4.69) is 33.1 Å². The Morgan fingerprint density at radius 1 is 1.40 bits per heavy atom. The standard InChI is InChI=1S/C16H23BrN2O/c1-2-15(14-9-11(17)3-6-16(14)20)18-12-7-8-19(10-12)13-4-5-13/h3,6,9,12-13,15,18,20H,2,4-5,7-8,10H2,1H3. The molecular formula is C16H23BrN2O. The van der Waals surface area contributed by atoms with E-state index < -0.39 is 0 Å². The van der Waals surface area contributed by atoms with E-state index in [-0.39, 0.29) is 6.04 Å². The minimum absolute atomic E-state index is 0.233. The van der Waals surface area contributed by atoms with Gasteiger partial charge in [-0.3, -0.25) is 4.90 Å². The first-order chi connectivity index (χ1) is 9.67. The fourth-order valence-electron chi connectivity index (χ4n) is 3.21. The van der Waals surface area contributed by atoms with Crippen molar-refractivity contribution >= 4 is 15.9 Å². The highest BCUT2D eigenvalue weighted by Crippen LogP contribution is 2.33. The summed E-state index contributed by atoms with van der Waals surface area (Å²) in [7, 11) is 0. The van der Waals surface area contributed by atoms with Gasteiger partial charge in [-0.25, -0.2) is 0 Å². The van der Waals surface area contributed by atoms with Crippen LogP contribution in [0.5, 0.6) is 5.75 Å². The molecule has 1 saturated heterocycles. The summed E-state index contributed by atoms with van der Waals surface area (Å²) in [6, 6.07) is 7.34. The lowest BCUT2D eigenvalue weighted by Crippen LogP contribution is -2.35. The summed E-state index contributed by atoms with van der Waals surface area (Å²) in [6.45, 7) is 4.56. The summed E-state index contributed by atoms with van der Waals surface area (Å²) in [5, 5.41) is 13.8. The maximum absolute atomic E-state index is 10.1. The van der Waals surface area contributed by atoms with Gasteiger partial charge in [0.15, 0.2) is 0 Å². The average molecular weight is 339 g/mol. The molecule has 3 nitrogen and oxygen atoms in total. The Balaban J connectivity index is 1.66. The topological polar surface area (TPSA) is 35.5 Å². The van der Waals surface area contributed by atoms with Crippen molar-refractivity contribution in [1.29, 1.82) is 0 Å². The third-order valence-electron chi connectivity index (χ3n) is 4.49. The highest BCUT2D eigenvalue weighted by atomic mass is 79.9. The van der Waals surface area contributed by atoms with E-state index in [0.717, 1.165) is 29.0 Å². The molecule has 0 aromatic heterocycles. The van der Waals surface area contributed by atoms with Gasteiger partial charge in [0.1, 0.15) is 5.75 Å². The van der Waals surface area contributed by atoms with Gasteiger partial charge in [-0.2, -0.15) is 0 Å². The molecule has 0 amide bonds. The van der Waals surface area contributed by atoms with Gasteiger partial charge in [0.25, 0.3) is 0 Å². The molecule has 2 atom stereocenters. The number of halogens is 1. The summed E-state index contributed by atoms with van der Waals surface area (Å²) in [5.41, 5.74) is 1.01. The molecule has 1 aliphatic heterocycles. The largest absolute Gasteiger partial charge is 0.508 e. The fraction of sp³-hybridized carbons (Fsp3) is 0.625. The normalized spacial score (nSPS) is 25.0. The number of phenols is 1. The zero-order valence-electron chi connectivity index (χ0n) is 12.0. The SMILES string of the molecule is CCC(NC1CCN(C2CC2)C1)c1cc(Br)ccc1O. The van der Waals surface area contributed by atoms with Crippen LogP contribution >= 0.6 is 15.9 Å². The first-order valence-corrected chi connectivity index (χ1v) is 8.45. The van der Waals surface area contributed by atoms with Crippen molar-refractivity contribution < 1.29 is 5.11 Å². The number of benzene rings is 1. The van der Waals surface area contributed by atoms with E-state index in [9.17, 15) is 5.11 Å². The molecule has 0 radical (unpaired) electrons. The number of hydrogen-bond acceptors (Lipinski definition) is 3. The van der Waals surface area contributed by atoms with Crippen molar-refractivity contribution in [3.05, 3.63) is 28.2 Å². The molecule has 2 N–H and O–H groups in total. The molecule has 20 heavy (non-hydrogen) atoms. The van der Waals surface area contributed by atoms with Crippen molar-refractivity contribution in [2.45, 2.75) is 50.7 Å². The molecule has 0 bridgehead atoms. The average Bonchev–Trinajstić information content (AvgIpc) is 3.19. The van der Waals surface area contributed by atoms with Gasteiger partial charge in [-0.1, -0.05) is 22.9 Å². The second-order valence-corrected chi connectivity index (χ2v) is 6.96. The zero-order valence-corrected chi connectivity index (χ0v) is 13.6. The molecule has 1 heterocycles. The van der Waals surface area contributed by atoms with Crippen molar-refractivity contribution in [3.8, 4) is 5.75 Å². The van der Waals surface area contributed by atoms with Gasteiger partial charge in [0.2, 0.25) is 0 Å². The van der Waals surface area contributed by atoms with Crippen LogP contribution in [-0.4, -0.2) is 35.2 Å². The van der Waals surface area contributed by atoms with Crippen molar-refractivity contribution in [3.63, 3.8) is 0 Å². The number of phenolic OH excluding ortho intramolecular Hbond substituents is 1. The van der Waals surface area contributed by atoms with E-state index in [1.54, 1.807) is 6.07 Å². The molecule has 3 rings (SSSR count). The van der Waals surface area contributed by atoms with E-state index in [1.165, 1.54) is 25.8 Å². The van der Waals surface area contributed by atoms with Crippen LogP contribution in [0.3, 0.4) is 0 Å². The van der Waals surface area contributed by atoms with Crippen molar-refractivity contribution in [2.75, 3.05) is 13.1 Å². The number of likely N-dealkylation sites (tertiary alicyclic amines) is 1. The summed E-state index contributed by atoms with van der Waals surface area (Å²) < 4.78 is 1.02. The zero-order chi connectivity index (χ0) is 14.1. The van der Waals surface area contributed by atoms with Gasteiger partial charge >= 0.3 is 0 Å². The second kappa shape index (κ2) is 6.04. The third kappa shape index (κ3) is 3.18. The number of rotatable bonds is 5. The van der Waals surface area contributed by atoms with Gasteiger partial charge in [0.05, 0.1) is 0 Å². The molecule has 0 spiro atoms. The Labute approximate surface area is 129 Å². The van der Waals surface area contributed by atoms with Crippen LogP contribution in [-0.2, 0) is 0 Å². The predicted octanol–water partition coefficient (Wildman–Crippen LogP) is 3.43.